The second-order valence-electron chi connectivity index (χ2n) is 9.94. The van der Waals surface area contributed by atoms with Gasteiger partial charge in [0.15, 0.2) is 19.6 Å². The molecule has 3 fully saturated rings. The maximum Gasteiger partial charge on any atom is 0.272 e. The zero-order valence-corrected chi connectivity index (χ0v) is 21.6. The van der Waals surface area contributed by atoms with Crippen LogP contribution in [0.25, 0.3) is 0 Å². The topological polar surface area (TPSA) is 83.1 Å². The molecule has 10 heteroatoms. The molecule has 3 saturated heterocycles. The lowest BCUT2D eigenvalue weighted by atomic mass is 9.86. The molecule has 5 atom stereocenters. The summed E-state index contributed by atoms with van der Waals surface area (Å²) in [5.74, 6) is -0.256. The quantitative estimate of drug-likeness (QED) is 0.483. The zero-order valence-electron chi connectivity index (χ0n) is 19.0. The number of thioether (sulfide) groups is 1. The summed E-state index contributed by atoms with van der Waals surface area (Å²) in [6.07, 6.45) is -1.10. The molecule has 3 aliphatic heterocycles. The molecule has 1 spiro atoms. The Kier molecular flexibility index (Phi) is 5.96. The lowest BCUT2D eigenvalue weighted by Gasteiger charge is -2.45. The monoisotopic (exact) mass is 487 g/mol. The van der Waals surface area contributed by atoms with Crippen molar-refractivity contribution in [3.8, 4) is 0 Å². The van der Waals surface area contributed by atoms with Crippen molar-refractivity contribution < 1.29 is 26.5 Å². The van der Waals surface area contributed by atoms with Gasteiger partial charge in [0, 0.05) is 18.0 Å². The van der Waals surface area contributed by atoms with Gasteiger partial charge < -0.3 is 13.9 Å². The fraction of sp³-hybridized carbons (Fsp3) is 0.714. The molecule has 174 valence electrons. The Labute approximate surface area is 190 Å². The summed E-state index contributed by atoms with van der Waals surface area (Å²) in [6.45, 7) is 13.5. The molecule has 0 aromatic heterocycles. The number of ether oxygens (including phenoxy) is 2. The van der Waals surface area contributed by atoms with Crippen LogP contribution in [0.5, 0.6) is 0 Å². The van der Waals surface area contributed by atoms with Gasteiger partial charge in [0.25, 0.3) is 10.1 Å². The Morgan fingerprint density at radius 2 is 1.94 bits per heavy atom. The number of rotatable bonds is 6. The fourth-order valence-electron chi connectivity index (χ4n) is 4.44. The van der Waals surface area contributed by atoms with Crippen LogP contribution in [0, 0.1) is 0 Å². The highest BCUT2D eigenvalue weighted by Gasteiger charge is 2.79. The minimum absolute atomic E-state index is 0.0680. The average molecular weight is 488 g/mol. The Bertz CT molecular complexity index is 918. The number of hydrogen-bond donors (Lipinski definition) is 1. The molecule has 7 nitrogen and oxygen atoms in total. The van der Waals surface area contributed by atoms with E-state index in [1.54, 1.807) is 11.8 Å². The van der Waals surface area contributed by atoms with E-state index < -0.39 is 47.4 Å². The average Bonchev–Trinajstić information content (AvgIpc) is 3.16. The first kappa shape index (κ1) is 23.7. The molecule has 0 bridgehead atoms. The molecule has 4 rings (SSSR count). The van der Waals surface area contributed by atoms with Gasteiger partial charge in [-0.3, -0.25) is 9.50 Å². The third kappa shape index (κ3) is 3.82. The van der Waals surface area contributed by atoms with E-state index in [-0.39, 0.29) is 10.8 Å². The van der Waals surface area contributed by atoms with E-state index in [0.29, 0.717) is 13.2 Å². The van der Waals surface area contributed by atoms with Crippen molar-refractivity contribution in [2.75, 3.05) is 18.9 Å². The van der Waals surface area contributed by atoms with Crippen molar-refractivity contribution in [1.82, 2.24) is 5.32 Å². The van der Waals surface area contributed by atoms with Crippen LogP contribution < -0.4 is 5.32 Å². The summed E-state index contributed by atoms with van der Waals surface area (Å²) >= 11 is 1.54. The zero-order chi connectivity index (χ0) is 22.7. The van der Waals surface area contributed by atoms with Gasteiger partial charge in [-0.15, -0.1) is 0 Å². The van der Waals surface area contributed by atoms with E-state index in [4.69, 9.17) is 18.1 Å². The van der Waals surface area contributed by atoms with E-state index in [9.17, 15) is 8.42 Å². The molecular weight excluding hydrogens is 454 g/mol. The van der Waals surface area contributed by atoms with Crippen LogP contribution in [-0.4, -0.2) is 64.6 Å². The van der Waals surface area contributed by atoms with Crippen LogP contribution in [0.2, 0.25) is 18.1 Å². The van der Waals surface area contributed by atoms with Crippen molar-refractivity contribution in [2.24, 2.45) is 0 Å². The molecular formula is C21H33NO6S2Si. The van der Waals surface area contributed by atoms with Gasteiger partial charge in [0.05, 0.1) is 0 Å². The Morgan fingerprint density at radius 3 is 2.55 bits per heavy atom. The van der Waals surface area contributed by atoms with E-state index in [1.807, 2.05) is 37.3 Å². The molecule has 0 aliphatic carbocycles. The maximum atomic E-state index is 12.8. The first-order valence-electron chi connectivity index (χ1n) is 10.7. The standard InChI is InChI=1S/C21H33NO6S2Si/c1-7-25-20-14-30(23,24)28-21(20)16(13-22-20)26-18(29-15-11-9-8-10-12-15)17(21)27-31(5,6)19(2,3)4/h8-12,16-18,22H,7,13-14H2,1-6H3/t16-,17+,18+,20-,21-/m1/s1. The van der Waals surface area contributed by atoms with E-state index in [2.05, 4.69) is 39.2 Å². The molecule has 1 aromatic carbocycles. The summed E-state index contributed by atoms with van der Waals surface area (Å²) in [4.78, 5) is 1.03. The van der Waals surface area contributed by atoms with Crippen molar-refractivity contribution in [2.45, 2.75) is 79.7 Å². The Balaban J connectivity index is 1.80. The SMILES string of the molecule is CCO[C@]12CS(=O)(=O)O[C@@]13[C@@H](CN2)O[C@@H](Sc1ccccc1)[C@@H]3O[Si](C)(C)C(C)(C)C. The summed E-state index contributed by atoms with van der Waals surface area (Å²) < 4.78 is 51.0. The second-order valence-corrected chi connectivity index (χ2v) is 17.4. The molecule has 1 N–H and O–H groups in total. The molecule has 3 heterocycles. The van der Waals surface area contributed by atoms with Crippen LogP contribution in [0.4, 0.5) is 0 Å². The minimum Gasteiger partial charge on any atom is -0.407 e. The van der Waals surface area contributed by atoms with Crippen molar-refractivity contribution in [1.29, 1.82) is 0 Å². The van der Waals surface area contributed by atoms with Crippen LogP contribution in [0.1, 0.15) is 27.7 Å². The largest absolute Gasteiger partial charge is 0.407 e. The minimum atomic E-state index is -3.81. The summed E-state index contributed by atoms with van der Waals surface area (Å²) in [6, 6.07) is 9.95. The van der Waals surface area contributed by atoms with E-state index in [0.717, 1.165) is 4.90 Å². The third-order valence-corrected chi connectivity index (χ3v) is 13.8. The highest BCUT2D eigenvalue weighted by molar-refractivity contribution is 7.99. The first-order chi connectivity index (χ1) is 14.4. The summed E-state index contributed by atoms with van der Waals surface area (Å²) in [5, 5.41) is 3.23. The Morgan fingerprint density at radius 1 is 1.26 bits per heavy atom. The number of nitrogens with one attached hydrogen (secondary N) is 1. The van der Waals surface area contributed by atoms with E-state index >= 15 is 0 Å². The second kappa shape index (κ2) is 7.80. The molecule has 0 radical (unpaired) electrons. The predicted octanol–water partition coefficient (Wildman–Crippen LogP) is 3.33. The van der Waals surface area contributed by atoms with Crippen molar-refractivity contribution in [3.05, 3.63) is 30.3 Å². The van der Waals surface area contributed by atoms with Gasteiger partial charge >= 0.3 is 0 Å². The van der Waals surface area contributed by atoms with Crippen LogP contribution in [-0.2, 0) is 28.2 Å². The van der Waals surface area contributed by atoms with Crippen LogP contribution in [0.15, 0.2) is 35.2 Å². The van der Waals surface area contributed by atoms with Crippen molar-refractivity contribution >= 4 is 30.2 Å². The normalized spacial score (nSPS) is 37.0. The molecule has 0 amide bonds. The van der Waals surface area contributed by atoms with Gasteiger partial charge in [-0.05, 0) is 37.2 Å². The highest BCUT2D eigenvalue weighted by Crippen LogP contribution is 2.57. The van der Waals surface area contributed by atoms with Gasteiger partial charge in [0.1, 0.15) is 23.4 Å². The third-order valence-electron chi connectivity index (χ3n) is 6.91. The van der Waals surface area contributed by atoms with Gasteiger partial charge in [-0.2, -0.15) is 8.42 Å². The lowest BCUT2D eigenvalue weighted by molar-refractivity contribution is -0.163. The summed E-state index contributed by atoms with van der Waals surface area (Å²) in [5.41, 5.74) is -2.87. The van der Waals surface area contributed by atoms with Gasteiger partial charge in [0.2, 0.25) is 0 Å². The van der Waals surface area contributed by atoms with Crippen LogP contribution in [0.3, 0.4) is 0 Å². The van der Waals surface area contributed by atoms with Gasteiger partial charge in [-0.25, -0.2) is 0 Å². The predicted molar refractivity (Wildman–Crippen MR) is 123 cm³/mol. The first-order valence-corrected chi connectivity index (χ1v) is 16.1. The highest BCUT2D eigenvalue weighted by atomic mass is 32.2. The van der Waals surface area contributed by atoms with Gasteiger partial charge in [-0.1, -0.05) is 50.7 Å². The lowest BCUT2D eigenvalue weighted by Crippen LogP contribution is -2.66. The number of hydrogen-bond acceptors (Lipinski definition) is 8. The molecule has 3 aliphatic rings. The smallest absolute Gasteiger partial charge is 0.272 e. The number of benzene rings is 1. The van der Waals surface area contributed by atoms with E-state index in [1.165, 1.54) is 0 Å². The summed E-state index contributed by atoms with van der Waals surface area (Å²) in [7, 11) is -6.12. The van der Waals surface area contributed by atoms with Crippen molar-refractivity contribution in [3.63, 3.8) is 0 Å². The maximum absolute atomic E-state index is 12.8. The Hall–Kier alpha value is -0.463. The molecule has 31 heavy (non-hydrogen) atoms. The van der Waals surface area contributed by atoms with Crippen LogP contribution >= 0.6 is 11.8 Å². The molecule has 1 aromatic rings. The molecule has 0 unspecified atom stereocenters. The molecule has 0 saturated carbocycles. The fourth-order valence-corrected chi connectivity index (χ4v) is 8.70.